The summed E-state index contributed by atoms with van der Waals surface area (Å²) in [6.07, 6.45) is 4.85. The first-order valence-electron chi connectivity index (χ1n) is 43.4. The zero-order chi connectivity index (χ0) is 83.3. The van der Waals surface area contributed by atoms with Crippen LogP contribution >= 0.6 is 0 Å². The second-order valence-corrected chi connectivity index (χ2v) is 33.3. The van der Waals surface area contributed by atoms with Crippen LogP contribution in [0.4, 0.5) is 68.2 Å². The molecule has 0 fully saturated rings. The van der Waals surface area contributed by atoms with E-state index in [0.717, 1.165) is 74.7 Å². The van der Waals surface area contributed by atoms with Gasteiger partial charge in [0.1, 0.15) is 0 Å². The van der Waals surface area contributed by atoms with Crippen LogP contribution in [0.15, 0.2) is 467 Å². The molecule has 0 amide bonds. The van der Waals surface area contributed by atoms with Gasteiger partial charge < -0.3 is 19.6 Å². The topological polar surface area (TPSA) is 13.0 Å². The van der Waals surface area contributed by atoms with E-state index in [-0.39, 0.29) is 5.41 Å². The Morgan fingerprint density at radius 1 is 0.169 bits per heavy atom. The van der Waals surface area contributed by atoms with Crippen LogP contribution in [0.2, 0.25) is 0 Å². The van der Waals surface area contributed by atoms with Crippen molar-refractivity contribution in [2.24, 2.45) is 0 Å². The van der Waals surface area contributed by atoms with E-state index in [0.29, 0.717) is 0 Å². The van der Waals surface area contributed by atoms with E-state index in [2.05, 4.69) is 507 Å². The maximum absolute atomic E-state index is 2.37. The number of hydrogen-bond acceptors (Lipinski definition) is 4. The number of fused-ring (bicyclic) bond motifs is 5. The summed E-state index contributed by atoms with van der Waals surface area (Å²) in [6, 6.07) is 170. The van der Waals surface area contributed by atoms with E-state index in [1.807, 2.05) is 0 Å². The Hall–Kier alpha value is -15.4. The molecule has 20 aromatic rings. The minimum atomic E-state index is 0.0586. The van der Waals surface area contributed by atoms with Gasteiger partial charge in [-0.1, -0.05) is 342 Å². The Bertz CT molecular complexity index is 6910. The van der Waals surface area contributed by atoms with Crippen molar-refractivity contribution in [2.45, 2.75) is 51.9 Å². The summed E-state index contributed by atoms with van der Waals surface area (Å²) in [5, 5.41) is 10.2. The molecular weight excluding hydrogens is 1500 g/mol. The lowest BCUT2D eigenvalue weighted by Gasteiger charge is -2.27. The molecule has 124 heavy (non-hydrogen) atoms. The quantitative estimate of drug-likeness (QED) is 0.0794. The molecule has 21 rings (SSSR count). The van der Waals surface area contributed by atoms with Crippen molar-refractivity contribution in [3.05, 3.63) is 484 Å². The Balaban J connectivity index is 0.000000157. The highest BCUT2D eigenvalue weighted by atomic mass is 15.2. The maximum atomic E-state index is 2.37. The van der Waals surface area contributed by atoms with Gasteiger partial charge >= 0.3 is 0 Å². The third kappa shape index (κ3) is 15.4. The molecule has 0 unspecified atom stereocenters. The normalized spacial score (nSPS) is 11.9. The molecule has 0 bridgehead atoms. The molecule has 1 aliphatic carbocycles. The third-order valence-corrected chi connectivity index (χ3v) is 24.7. The summed E-state index contributed by atoms with van der Waals surface area (Å²) >= 11 is 0. The molecule has 0 aromatic heterocycles. The average molecular weight is 1590 g/mol. The largest absolute Gasteiger partial charge is 0.311 e. The highest BCUT2D eigenvalue weighted by molar-refractivity contribution is 6.23. The molecule has 0 saturated carbocycles. The van der Waals surface area contributed by atoms with Crippen LogP contribution in [-0.4, -0.2) is 0 Å². The fourth-order valence-electron chi connectivity index (χ4n) is 18.7. The number of aryl methyl sites for hydroxylation is 1. The van der Waals surface area contributed by atoms with Crippen LogP contribution in [0.5, 0.6) is 0 Å². The van der Waals surface area contributed by atoms with Gasteiger partial charge in [-0.3, -0.25) is 0 Å². The SMILES string of the molecule is CC(C)(C)c1ccc(N(c2ccc(-c3ccc(N(c4ccccc4)c4ccccc4)cc3)cc2)c2ccc(-c3c4ccccc4c(-c4ccccc4)c4ccccc34)cc2)cc1.c1ccc(N(c2ccccc2)c2ccc(-c3ccc(N(c4ccccc4)c4ccc(-c5c6ccccc6c(-c6cccc7c6CCCC7)c6ccccc56)cc4)cc3)cc2)cc1. The van der Waals surface area contributed by atoms with Crippen molar-refractivity contribution in [3.63, 3.8) is 0 Å². The summed E-state index contributed by atoms with van der Waals surface area (Å²) in [5.41, 5.74) is 32.7. The second-order valence-electron chi connectivity index (χ2n) is 33.3. The number of rotatable bonds is 18. The smallest absolute Gasteiger partial charge is 0.0462 e. The van der Waals surface area contributed by atoms with Gasteiger partial charge in [0.05, 0.1) is 0 Å². The number of para-hydroxylation sites is 5. The molecule has 1 aliphatic rings. The van der Waals surface area contributed by atoms with E-state index in [1.165, 1.54) is 146 Å². The summed E-state index contributed by atoms with van der Waals surface area (Å²) in [6.45, 7) is 6.80. The lowest BCUT2D eigenvalue weighted by molar-refractivity contribution is 0.590. The molecule has 0 N–H and O–H groups in total. The van der Waals surface area contributed by atoms with Gasteiger partial charge in [-0.2, -0.15) is 0 Å². The summed E-state index contributed by atoms with van der Waals surface area (Å²) in [7, 11) is 0. The molecule has 4 nitrogen and oxygen atoms in total. The average Bonchev–Trinajstić information content (AvgIpc) is 0.738. The summed E-state index contributed by atoms with van der Waals surface area (Å²) in [5.74, 6) is 0. The zero-order valence-electron chi connectivity index (χ0n) is 70.1. The predicted octanol–water partition coefficient (Wildman–Crippen LogP) is 34.0. The van der Waals surface area contributed by atoms with E-state index < -0.39 is 0 Å². The van der Waals surface area contributed by atoms with Crippen LogP contribution < -0.4 is 19.6 Å². The third-order valence-electron chi connectivity index (χ3n) is 24.7. The van der Waals surface area contributed by atoms with Gasteiger partial charge in [-0.05, 0) is 303 Å². The molecule has 0 saturated heterocycles. The minimum absolute atomic E-state index is 0.0586. The highest BCUT2D eigenvalue weighted by Crippen LogP contribution is 2.50. The van der Waals surface area contributed by atoms with Gasteiger partial charge in [-0.25, -0.2) is 0 Å². The van der Waals surface area contributed by atoms with Gasteiger partial charge in [0.2, 0.25) is 0 Å². The lowest BCUT2D eigenvalue weighted by Crippen LogP contribution is -2.13. The molecule has 594 valence electrons. The molecule has 0 aliphatic heterocycles. The molecular formula is C120H94N4. The van der Waals surface area contributed by atoms with Gasteiger partial charge in [0.25, 0.3) is 0 Å². The van der Waals surface area contributed by atoms with Crippen molar-refractivity contribution >= 4 is 111 Å². The number of anilines is 12. The van der Waals surface area contributed by atoms with Crippen molar-refractivity contribution < 1.29 is 0 Å². The van der Waals surface area contributed by atoms with Crippen molar-refractivity contribution in [2.75, 3.05) is 19.6 Å². The van der Waals surface area contributed by atoms with Gasteiger partial charge in [0.15, 0.2) is 0 Å². The van der Waals surface area contributed by atoms with Crippen LogP contribution in [0.25, 0.3) is 110 Å². The fraction of sp³-hybridized carbons (Fsp3) is 0.0667. The van der Waals surface area contributed by atoms with E-state index >= 15 is 0 Å². The first-order valence-corrected chi connectivity index (χ1v) is 43.4. The molecule has 0 atom stereocenters. The minimum Gasteiger partial charge on any atom is -0.311 e. The Morgan fingerprint density at radius 3 is 0.645 bits per heavy atom. The number of nitrogens with zero attached hydrogens (tertiary/aromatic N) is 4. The molecule has 4 heteroatoms. The van der Waals surface area contributed by atoms with E-state index in [4.69, 9.17) is 0 Å². The first kappa shape index (κ1) is 77.3. The summed E-state index contributed by atoms with van der Waals surface area (Å²) < 4.78 is 0. The number of hydrogen-bond donors (Lipinski definition) is 0. The predicted molar refractivity (Wildman–Crippen MR) is 530 cm³/mol. The van der Waals surface area contributed by atoms with Gasteiger partial charge in [0, 0.05) is 68.2 Å². The van der Waals surface area contributed by atoms with Gasteiger partial charge in [-0.15, -0.1) is 0 Å². The standard InChI is InChI=1S/C60H46N2.C60H48N2/c1-4-19-47(20-5-1)61(48-21-6-2-7-22-48)50-37-31-43(32-38-50)44-33-39-51(40-34-44)62(49-23-8-3-9-24-49)52-41-35-46(36-42-52)59-55-26-12-14-28-57(55)60(58-29-15-13-27-56(58)59)54-30-16-18-45-17-10-11-25-53(45)54;1-60(2,3)47-33-41-53(42-34-47)62(51-37-29-44(30-38-51)43-27-35-50(36-28-43)61(48-19-9-5-10-20-48)49-21-11-6-12-22-49)52-39-31-46(32-40-52)59-56-25-15-13-23-54(56)58(45-17-7-4-8-18-45)55-24-14-16-26-57(55)59/h1-9,12-16,18-24,26-42H,10-11,17,25H2;4-42H,1-3H3. The molecule has 20 aromatic carbocycles. The zero-order valence-corrected chi connectivity index (χ0v) is 70.1. The van der Waals surface area contributed by atoms with Crippen LogP contribution in [-0.2, 0) is 18.3 Å². The van der Waals surface area contributed by atoms with Crippen LogP contribution in [0, 0.1) is 0 Å². The number of benzene rings is 20. The van der Waals surface area contributed by atoms with Crippen LogP contribution in [0.1, 0.15) is 50.3 Å². The van der Waals surface area contributed by atoms with Crippen molar-refractivity contribution in [1.82, 2.24) is 0 Å². The first-order chi connectivity index (χ1) is 61.2. The molecule has 0 spiro atoms. The lowest BCUT2D eigenvalue weighted by atomic mass is 9.81. The Labute approximate surface area is 728 Å². The van der Waals surface area contributed by atoms with Crippen molar-refractivity contribution in [1.29, 1.82) is 0 Å². The monoisotopic (exact) mass is 1590 g/mol. The Morgan fingerprint density at radius 2 is 0.379 bits per heavy atom. The maximum Gasteiger partial charge on any atom is 0.0462 e. The summed E-state index contributed by atoms with van der Waals surface area (Å²) in [4.78, 5) is 9.32. The second kappa shape index (κ2) is 34.4. The Kier molecular flexibility index (Phi) is 21.4. The van der Waals surface area contributed by atoms with Crippen LogP contribution in [0.3, 0.4) is 0 Å². The fourth-order valence-corrected chi connectivity index (χ4v) is 18.7. The molecule has 0 heterocycles. The van der Waals surface area contributed by atoms with E-state index in [1.54, 1.807) is 0 Å². The van der Waals surface area contributed by atoms with Crippen molar-refractivity contribution in [3.8, 4) is 66.8 Å². The highest BCUT2D eigenvalue weighted by Gasteiger charge is 2.25. The van der Waals surface area contributed by atoms with E-state index in [9.17, 15) is 0 Å². The molecule has 0 radical (unpaired) electrons.